The molecule has 1 saturated heterocycles. The first kappa shape index (κ1) is 18.8. The van der Waals surface area contributed by atoms with Crippen LogP contribution in [-0.2, 0) is 13.2 Å². The molecule has 3 heterocycles. The Labute approximate surface area is 175 Å². The number of para-hydroxylation sites is 2. The van der Waals surface area contributed by atoms with Crippen molar-refractivity contribution in [1.82, 2.24) is 15.1 Å². The van der Waals surface area contributed by atoms with Gasteiger partial charge < -0.3 is 13.9 Å². The van der Waals surface area contributed by atoms with E-state index in [1.165, 1.54) is 0 Å². The van der Waals surface area contributed by atoms with Gasteiger partial charge in [-0.05, 0) is 43.3 Å². The van der Waals surface area contributed by atoms with Gasteiger partial charge in [0, 0.05) is 17.8 Å². The van der Waals surface area contributed by atoms with Crippen LogP contribution in [0.3, 0.4) is 0 Å². The van der Waals surface area contributed by atoms with E-state index >= 15 is 0 Å². The number of rotatable bonds is 7. The summed E-state index contributed by atoms with van der Waals surface area (Å²) >= 11 is 0. The molecule has 1 atom stereocenters. The third-order valence-electron chi connectivity index (χ3n) is 5.64. The monoisotopic (exact) mass is 403 g/mol. The standard InChI is InChI=1S/C24H25N3O3/c1-28-23-9-5-6-17-12-21(30-24(17)23)15-27-11-10-18(14-27)22-13-19(25-26-22)16-29-20-7-3-2-4-8-20/h2-9,12-13,18H,10-11,14-16H2,1H3,(H,25,26)/t18-/m1/s1. The van der Waals surface area contributed by atoms with Crippen molar-refractivity contribution in [2.75, 3.05) is 20.2 Å². The van der Waals surface area contributed by atoms with Crippen molar-refractivity contribution in [2.24, 2.45) is 0 Å². The van der Waals surface area contributed by atoms with E-state index in [1.54, 1.807) is 7.11 Å². The van der Waals surface area contributed by atoms with E-state index in [0.717, 1.165) is 65.7 Å². The third kappa shape index (κ3) is 3.91. The quantitative estimate of drug-likeness (QED) is 0.483. The highest BCUT2D eigenvalue weighted by molar-refractivity contribution is 5.83. The summed E-state index contributed by atoms with van der Waals surface area (Å²) in [6.07, 6.45) is 1.09. The molecule has 0 radical (unpaired) electrons. The van der Waals surface area contributed by atoms with Gasteiger partial charge in [-0.1, -0.05) is 30.3 Å². The average molecular weight is 403 g/mol. The van der Waals surface area contributed by atoms with Gasteiger partial charge in [0.15, 0.2) is 11.3 Å². The van der Waals surface area contributed by atoms with Gasteiger partial charge in [-0.2, -0.15) is 5.10 Å². The number of nitrogens with zero attached hydrogens (tertiary/aromatic N) is 2. The second kappa shape index (κ2) is 8.24. The lowest BCUT2D eigenvalue weighted by Gasteiger charge is -2.13. The number of hydrogen-bond donors (Lipinski definition) is 1. The minimum atomic E-state index is 0.422. The Bertz CT molecular complexity index is 1120. The SMILES string of the molecule is COc1cccc2cc(CN3CC[C@@H](c4cc(COc5ccccc5)[nH]n4)C3)oc12. The lowest BCUT2D eigenvalue weighted by atomic mass is 10.1. The Hall–Kier alpha value is -3.25. The average Bonchev–Trinajstić information content (AvgIpc) is 3.52. The molecular weight excluding hydrogens is 378 g/mol. The second-order valence-corrected chi connectivity index (χ2v) is 7.73. The van der Waals surface area contributed by atoms with E-state index in [1.807, 2.05) is 42.5 Å². The molecule has 1 aliphatic heterocycles. The molecule has 4 aromatic rings. The summed E-state index contributed by atoms with van der Waals surface area (Å²) in [6.45, 7) is 3.29. The van der Waals surface area contributed by atoms with Crippen LogP contribution in [0, 0.1) is 0 Å². The summed E-state index contributed by atoms with van der Waals surface area (Å²) < 4.78 is 17.3. The van der Waals surface area contributed by atoms with Gasteiger partial charge in [0.1, 0.15) is 18.1 Å². The molecule has 154 valence electrons. The summed E-state index contributed by atoms with van der Waals surface area (Å²) in [5, 5.41) is 8.74. The van der Waals surface area contributed by atoms with Gasteiger partial charge in [-0.25, -0.2) is 0 Å². The van der Waals surface area contributed by atoms with Crippen LogP contribution in [0.4, 0.5) is 0 Å². The molecule has 0 bridgehead atoms. The van der Waals surface area contributed by atoms with Crippen molar-refractivity contribution in [2.45, 2.75) is 25.5 Å². The van der Waals surface area contributed by atoms with E-state index in [0.29, 0.717) is 12.5 Å². The number of ether oxygens (including phenoxy) is 2. The smallest absolute Gasteiger partial charge is 0.176 e. The number of methoxy groups -OCH3 is 1. The zero-order chi connectivity index (χ0) is 20.3. The van der Waals surface area contributed by atoms with E-state index in [-0.39, 0.29) is 0 Å². The first-order valence-corrected chi connectivity index (χ1v) is 10.3. The first-order chi connectivity index (χ1) is 14.8. The fourth-order valence-corrected chi connectivity index (χ4v) is 4.11. The summed E-state index contributed by atoms with van der Waals surface area (Å²) in [5.41, 5.74) is 2.92. The molecule has 0 spiro atoms. The fraction of sp³-hybridized carbons (Fsp3) is 0.292. The van der Waals surface area contributed by atoms with Crippen LogP contribution in [0.25, 0.3) is 11.0 Å². The Morgan fingerprint density at radius 2 is 2.03 bits per heavy atom. The molecule has 0 aliphatic carbocycles. The van der Waals surface area contributed by atoms with E-state index < -0.39 is 0 Å². The van der Waals surface area contributed by atoms with Crippen LogP contribution in [-0.4, -0.2) is 35.3 Å². The predicted molar refractivity (Wildman–Crippen MR) is 115 cm³/mol. The summed E-state index contributed by atoms with van der Waals surface area (Å²) in [7, 11) is 1.67. The number of hydrogen-bond acceptors (Lipinski definition) is 5. The molecule has 30 heavy (non-hydrogen) atoms. The number of H-pyrrole nitrogens is 1. The van der Waals surface area contributed by atoms with Gasteiger partial charge in [0.05, 0.1) is 25.0 Å². The highest BCUT2D eigenvalue weighted by Crippen LogP contribution is 2.31. The zero-order valence-electron chi connectivity index (χ0n) is 17.0. The molecule has 5 rings (SSSR count). The van der Waals surface area contributed by atoms with Gasteiger partial charge in [0.2, 0.25) is 0 Å². The number of furan rings is 1. The number of aromatic nitrogens is 2. The molecule has 6 heteroatoms. The van der Waals surface area contributed by atoms with Crippen molar-refractivity contribution in [1.29, 1.82) is 0 Å². The van der Waals surface area contributed by atoms with Gasteiger partial charge in [-0.3, -0.25) is 10.00 Å². The van der Waals surface area contributed by atoms with Crippen molar-refractivity contribution >= 4 is 11.0 Å². The molecule has 1 aliphatic rings. The van der Waals surface area contributed by atoms with Crippen molar-refractivity contribution in [3.8, 4) is 11.5 Å². The lowest BCUT2D eigenvalue weighted by molar-refractivity contribution is 0.296. The second-order valence-electron chi connectivity index (χ2n) is 7.73. The topological polar surface area (TPSA) is 63.5 Å². The molecule has 2 aromatic heterocycles. The van der Waals surface area contributed by atoms with Crippen LogP contribution >= 0.6 is 0 Å². The van der Waals surface area contributed by atoms with Crippen molar-refractivity contribution in [3.63, 3.8) is 0 Å². The maximum atomic E-state index is 6.07. The number of nitrogens with one attached hydrogen (secondary N) is 1. The van der Waals surface area contributed by atoms with Crippen LogP contribution in [0.15, 0.2) is 65.1 Å². The number of fused-ring (bicyclic) bond motifs is 1. The summed E-state index contributed by atoms with van der Waals surface area (Å²) in [4.78, 5) is 2.42. The molecule has 2 aromatic carbocycles. The molecule has 6 nitrogen and oxygen atoms in total. The van der Waals surface area contributed by atoms with Crippen LogP contribution in [0.1, 0.15) is 29.5 Å². The fourth-order valence-electron chi connectivity index (χ4n) is 4.11. The van der Waals surface area contributed by atoms with E-state index in [9.17, 15) is 0 Å². The Balaban J connectivity index is 1.20. The zero-order valence-corrected chi connectivity index (χ0v) is 17.0. The molecular formula is C24H25N3O3. The minimum Gasteiger partial charge on any atom is -0.493 e. The highest BCUT2D eigenvalue weighted by Gasteiger charge is 2.26. The lowest BCUT2D eigenvalue weighted by Crippen LogP contribution is -2.19. The Morgan fingerprint density at radius 3 is 2.90 bits per heavy atom. The van der Waals surface area contributed by atoms with Gasteiger partial charge in [0.25, 0.3) is 0 Å². The number of aromatic amines is 1. The maximum Gasteiger partial charge on any atom is 0.176 e. The summed E-state index contributed by atoms with van der Waals surface area (Å²) in [5.74, 6) is 3.03. The molecule has 1 N–H and O–H groups in total. The minimum absolute atomic E-state index is 0.422. The van der Waals surface area contributed by atoms with Crippen LogP contribution in [0.5, 0.6) is 11.5 Å². The van der Waals surface area contributed by atoms with Gasteiger partial charge in [-0.15, -0.1) is 0 Å². The number of benzene rings is 2. The number of likely N-dealkylation sites (tertiary alicyclic amines) is 1. The molecule has 0 saturated carbocycles. The molecule has 1 fully saturated rings. The van der Waals surface area contributed by atoms with Gasteiger partial charge >= 0.3 is 0 Å². The van der Waals surface area contributed by atoms with E-state index in [2.05, 4.69) is 33.3 Å². The van der Waals surface area contributed by atoms with Crippen molar-refractivity contribution in [3.05, 3.63) is 77.8 Å². The highest BCUT2D eigenvalue weighted by atomic mass is 16.5. The Kier molecular flexibility index (Phi) is 5.15. The predicted octanol–water partition coefficient (Wildman–Crippen LogP) is 4.73. The molecule has 0 amide bonds. The van der Waals surface area contributed by atoms with Crippen molar-refractivity contribution < 1.29 is 13.9 Å². The Morgan fingerprint density at radius 1 is 1.13 bits per heavy atom. The maximum absolute atomic E-state index is 6.07. The normalized spacial score (nSPS) is 16.9. The largest absolute Gasteiger partial charge is 0.493 e. The van der Waals surface area contributed by atoms with Crippen LogP contribution < -0.4 is 9.47 Å². The van der Waals surface area contributed by atoms with E-state index in [4.69, 9.17) is 13.9 Å². The third-order valence-corrected chi connectivity index (χ3v) is 5.64. The molecule has 0 unspecified atom stereocenters. The summed E-state index contributed by atoms with van der Waals surface area (Å²) in [6, 6.07) is 20.1. The van der Waals surface area contributed by atoms with Crippen LogP contribution in [0.2, 0.25) is 0 Å². The first-order valence-electron chi connectivity index (χ1n) is 10.3.